The van der Waals surface area contributed by atoms with Gasteiger partial charge in [-0.1, -0.05) is 61.5 Å². The summed E-state index contributed by atoms with van der Waals surface area (Å²) < 4.78 is 6.72. The summed E-state index contributed by atoms with van der Waals surface area (Å²) in [5.74, 6) is 0.249. The van der Waals surface area contributed by atoms with Gasteiger partial charge in [0, 0.05) is 12.7 Å². The summed E-state index contributed by atoms with van der Waals surface area (Å²) in [6, 6.07) is 15.0. The van der Waals surface area contributed by atoms with E-state index in [-0.39, 0.29) is 17.1 Å². The molecule has 6 heteroatoms. The Bertz CT molecular complexity index is 1010. The number of aryl methyl sites for hydroxylation is 1. The number of nitrogens with zero attached hydrogens (tertiary/aromatic N) is 2. The number of thioether (sulfide) groups is 1. The molecule has 0 radical (unpaired) electrons. The summed E-state index contributed by atoms with van der Waals surface area (Å²) >= 11 is 1.29. The monoisotopic (exact) mass is 396 g/mol. The third-order valence-corrected chi connectivity index (χ3v) is 5.47. The van der Waals surface area contributed by atoms with Gasteiger partial charge < -0.3 is 4.74 Å². The van der Waals surface area contributed by atoms with Crippen molar-refractivity contribution in [2.45, 2.75) is 31.5 Å². The van der Waals surface area contributed by atoms with Gasteiger partial charge in [-0.25, -0.2) is 4.98 Å². The van der Waals surface area contributed by atoms with E-state index in [2.05, 4.69) is 11.9 Å². The maximum Gasteiger partial charge on any atom is 0.262 e. The first-order valence-electron chi connectivity index (χ1n) is 9.37. The number of rotatable bonds is 9. The molecule has 0 atom stereocenters. The largest absolute Gasteiger partial charge is 0.383 e. The molecular weight excluding hydrogens is 372 g/mol. The Hall–Kier alpha value is -2.44. The molecule has 1 aromatic heterocycles. The first kappa shape index (κ1) is 20.3. The minimum absolute atomic E-state index is 0.0220. The smallest absolute Gasteiger partial charge is 0.262 e. The summed E-state index contributed by atoms with van der Waals surface area (Å²) in [6.45, 7) is 2.94. The van der Waals surface area contributed by atoms with E-state index in [0.717, 1.165) is 12.8 Å². The molecule has 0 unspecified atom stereocenters. The number of methoxy groups -OCH3 is 1. The number of carbonyl (C=O) groups excluding carboxylic acids is 1. The highest BCUT2D eigenvalue weighted by molar-refractivity contribution is 7.99. The highest BCUT2D eigenvalue weighted by atomic mass is 32.2. The molecular formula is C22H24N2O3S. The number of para-hydroxylation sites is 1. The number of benzene rings is 2. The molecule has 3 rings (SSSR count). The molecule has 3 aromatic rings. The van der Waals surface area contributed by atoms with E-state index in [1.54, 1.807) is 17.7 Å². The molecule has 0 saturated heterocycles. The van der Waals surface area contributed by atoms with Crippen LogP contribution >= 0.6 is 11.8 Å². The highest BCUT2D eigenvalue weighted by Crippen LogP contribution is 2.19. The van der Waals surface area contributed by atoms with Crippen molar-refractivity contribution in [3.63, 3.8) is 0 Å². The van der Waals surface area contributed by atoms with Crippen molar-refractivity contribution in [2.75, 3.05) is 19.5 Å². The molecule has 0 spiro atoms. The van der Waals surface area contributed by atoms with Crippen LogP contribution in [0.15, 0.2) is 58.5 Å². The molecule has 0 aliphatic carbocycles. The van der Waals surface area contributed by atoms with Crippen LogP contribution in [0.3, 0.4) is 0 Å². The number of aromatic nitrogens is 2. The fourth-order valence-corrected chi connectivity index (χ4v) is 3.92. The Morgan fingerprint density at radius 3 is 2.61 bits per heavy atom. The average Bonchev–Trinajstić information content (AvgIpc) is 2.72. The number of hydrogen-bond acceptors (Lipinski definition) is 5. The van der Waals surface area contributed by atoms with Crippen LogP contribution in [0.1, 0.15) is 29.3 Å². The van der Waals surface area contributed by atoms with Crippen LogP contribution in [-0.4, -0.2) is 34.8 Å². The van der Waals surface area contributed by atoms with Gasteiger partial charge in [0.05, 0.1) is 29.8 Å². The van der Waals surface area contributed by atoms with Crippen molar-refractivity contribution < 1.29 is 9.53 Å². The SMILES string of the molecule is CCCc1ccc(C(=O)CSc2nc3ccccc3c(=O)n2CCOC)cc1. The lowest BCUT2D eigenvalue weighted by atomic mass is 10.1. The van der Waals surface area contributed by atoms with Gasteiger partial charge in [-0.3, -0.25) is 14.2 Å². The van der Waals surface area contributed by atoms with Gasteiger partial charge in [0.2, 0.25) is 0 Å². The zero-order chi connectivity index (χ0) is 19.9. The van der Waals surface area contributed by atoms with Crippen molar-refractivity contribution in [1.29, 1.82) is 0 Å². The van der Waals surface area contributed by atoms with Gasteiger partial charge in [-0.15, -0.1) is 0 Å². The zero-order valence-corrected chi connectivity index (χ0v) is 17.0. The number of ether oxygens (including phenoxy) is 1. The Morgan fingerprint density at radius 1 is 1.14 bits per heavy atom. The highest BCUT2D eigenvalue weighted by Gasteiger charge is 2.14. The van der Waals surface area contributed by atoms with Gasteiger partial charge >= 0.3 is 0 Å². The van der Waals surface area contributed by atoms with Gasteiger partial charge in [0.1, 0.15) is 0 Å². The van der Waals surface area contributed by atoms with E-state index < -0.39 is 0 Å². The van der Waals surface area contributed by atoms with Crippen molar-refractivity contribution in [3.8, 4) is 0 Å². The Labute approximate surface area is 168 Å². The molecule has 0 aliphatic rings. The van der Waals surface area contributed by atoms with Crippen LogP contribution in [0.4, 0.5) is 0 Å². The van der Waals surface area contributed by atoms with Gasteiger partial charge in [-0.05, 0) is 24.1 Å². The van der Waals surface area contributed by atoms with Crippen LogP contribution in [0.5, 0.6) is 0 Å². The summed E-state index contributed by atoms with van der Waals surface area (Å²) in [5, 5.41) is 1.11. The van der Waals surface area contributed by atoms with Crippen LogP contribution in [0.25, 0.3) is 10.9 Å². The van der Waals surface area contributed by atoms with Crippen LogP contribution in [-0.2, 0) is 17.7 Å². The molecule has 0 aliphatic heterocycles. The van der Waals surface area contributed by atoms with Crippen LogP contribution in [0.2, 0.25) is 0 Å². The first-order chi connectivity index (χ1) is 13.6. The van der Waals surface area contributed by atoms with Crippen LogP contribution < -0.4 is 5.56 Å². The quantitative estimate of drug-likeness (QED) is 0.311. The van der Waals surface area contributed by atoms with Gasteiger partial charge in [0.15, 0.2) is 10.9 Å². The maximum absolute atomic E-state index is 12.8. The second kappa shape index (κ2) is 9.66. The molecule has 5 nitrogen and oxygen atoms in total. The minimum atomic E-state index is -0.110. The lowest BCUT2D eigenvalue weighted by Crippen LogP contribution is -2.25. The van der Waals surface area contributed by atoms with E-state index in [9.17, 15) is 9.59 Å². The van der Waals surface area contributed by atoms with Crippen LogP contribution in [0, 0.1) is 0 Å². The number of hydrogen-bond donors (Lipinski definition) is 0. The fraction of sp³-hybridized carbons (Fsp3) is 0.318. The van der Waals surface area contributed by atoms with Crippen molar-refractivity contribution in [3.05, 3.63) is 70.0 Å². The second-order valence-electron chi connectivity index (χ2n) is 6.52. The third kappa shape index (κ3) is 4.69. The summed E-state index contributed by atoms with van der Waals surface area (Å²) in [7, 11) is 1.60. The summed E-state index contributed by atoms with van der Waals surface area (Å²) in [4.78, 5) is 30.0. The molecule has 0 fully saturated rings. The molecule has 0 amide bonds. The lowest BCUT2D eigenvalue weighted by molar-refractivity contribution is 0.102. The van der Waals surface area contributed by atoms with Crippen molar-refractivity contribution >= 4 is 28.4 Å². The molecule has 1 heterocycles. The van der Waals surface area contributed by atoms with E-state index in [4.69, 9.17) is 4.74 Å². The lowest BCUT2D eigenvalue weighted by Gasteiger charge is -2.12. The molecule has 0 saturated carbocycles. The van der Waals surface area contributed by atoms with Gasteiger partial charge in [0.25, 0.3) is 5.56 Å². The fourth-order valence-electron chi connectivity index (χ4n) is 3.00. The predicted octanol–water partition coefficient (Wildman–Crippen LogP) is 3.97. The minimum Gasteiger partial charge on any atom is -0.383 e. The molecule has 2 aromatic carbocycles. The first-order valence-corrected chi connectivity index (χ1v) is 10.4. The van der Waals surface area contributed by atoms with E-state index in [1.165, 1.54) is 17.3 Å². The number of ketones is 1. The van der Waals surface area contributed by atoms with E-state index in [0.29, 0.717) is 34.8 Å². The number of Topliss-reactive ketones (excluding diaryl/α,β-unsaturated/α-hetero) is 1. The Kier molecular flexibility index (Phi) is 7.01. The molecule has 28 heavy (non-hydrogen) atoms. The molecule has 146 valence electrons. The summed E-state index contributed by atoms with van der Waals surface area (Å²) in [6.07, 6.45) is 2.09. The maximum atomic E-state index is 12.8. The normalized spacial score (nSPS) is 11.1. The summed E-state index contributed by atoms with van der Waals surface area (Å²) in [5.41, 5.74) is 2.44. The second-order valence-corrected chi connectivity index (χ2v) is 7.46. The van der Waals surface area contributed by atoms with Gasteiger partial charge in [-0.2, -0.15) is 0 Å². The predicted molar refractivity (Wildman–Crippen MR) is 113 cm³/mol. The standard InChI is InChI=1S/C22H24N2O3S/c1-3-6-16-9-11-17(12-10-16)20(25)15-28-22-23-19-8-5-4-7-18(19)21(26)24(22)13-14-27-2/h4-5,7-12H,3,6,13-15H2,1-2H3. The van der Waals surface area contributed by atoms with E-state index >= 15 is 0 Å². The third-order valence-electron chi connectivity index (χ3n) is 4.49. The van der Waals surface area contributed by atoms with Crippen molar-refractivity contribution in [2.24, 2.45) is 0 Å². The molecule has 0 N–H and O–H groups in total. The zero-order valence-electron chi connectivity index (χ0n) is 16.2. The number of carbonyl (C=O) groups is 1. The Morgan fingerprint density at radius 2 is 1.89 bits per heavy atom. The van der Waals surface area contributed by atoms with E-state index in [1.807, 2.05) is 42.5 Å². The Balaban J connectivity index is 1.82. The topological polar surface area (TPSA) is 61.2 Å². The molecule has 0 bridgehead atoms. The number of fused-ring (bicyclic) bond motifs is 1. The average molecular weight is 397 g/mol. The van der Waals surface area contributed by atoms with Crippen molar-refractivity contribution in [1.82, 2.24) is 9.55 Å².